The lowest BCUT2D eigenvalue weighted by atomic mass is 10.1. The summed E-state index contributed by atoms with van der Waals surface area (Å²) < 4.78 is 26.2. The average Bonchev–Trinajstić information content (AvgIpc) is 2.24. The fraction of sp³-hybridized carbons (Fsp3) is 0. The molecule has 0 amide bonds. The molecule has 0 aromatic heterocycles. The summed E-state index contributed by atoms with van der Waals surface area (Å²) in [5.41, 5.74) is 1.22. The Balaban J connectivity index is 2.63. The van der Waals surface area contributed by atoms with Crippen molar-refractivity contribution in [1.82, 2.24) is 0 Å². The van der Waals surface area contributed by atoms with Crippen LogP contribution in [0.5, 0.6) is 0 Å². The number of thiol groups is 1. The highest BCUT2D eigenvalue weighted by Crippen LogP contribution is 2.29. The summed E-state index contributed by atoms with van der Waals surface area (Å²) >= 11 is 4.03. The number of rotatable bonds is 1. The van der Waals surface area contributed by atoms with Gasteiger partial charge in [-0.1, -0.05) is 30.3 Å². The Morgan fingerprint density at radius 2 is 1.60 bits per heavy atom. The van der Waals surface area contributed by atoms with Gasteiger partial charge < -0.3 is 0 Å². The molecular formula is C12H8F2S. The van der Waals surface area contributed by atoms with Crippen LogP contribution in [-0.2, 0) is 0 Å². The summed E-state index contributed by atoms with van der Waals surface area (Å²) in [5.74, 6) is -1.23. The molecule has 0 unspecified atom stereocenters. The van der Waals surface area contributed by atoms with Crippen molar-refractivity contribution in [1.29, 1.82) is 0 Å². The zero-order valence-corrected chi connectivity index (χ0v) is 8.64. The van der Waals surface area contributed by atoms with Crippen LogP contribution in [0.3, 0.4) is 0 Å². The first kappa shape index (κ1) is 10.2. The SMILES string of the molecule is Fc1cc(F)c(S)c(-c2ccccc2)c1. The minimum absolute atomic E-state index is 0.169. The number of halogens is 2. The Bertz CT molecular complexity index is 480. The standard InChI is InChI=1S/C12H8F2S/c13-9-6-10(12(15)11(14)7-9)8-4-2-1-3-5-8/h1-7,15H. The van der Waals surface area contributed by atoms with Gasteiger partial charge in [-0.05, 0) is 11.6 Å². The molecule has 3 heteroatoms. The van der Waals surface area contributed by atoms with Crippen molar-refractivity contribution < 1.29 is 8.78 Å². The van der Waals surface area contributed by atoms with Gasteiger partial charge in [-0.3, -0.25) is 0 Å². The quantitative estimate of drug-likeness (QED) is 0.694. The molecule has 76 valence electrons. The summed E-state index contributed by atoms with van der Waals surface area (Å²) in [6.07, 6.45) is 0. The average molecular weight is 222 g/mol. The van der Waals surface area contributed by atoms with E-state index in [-0.39, 0.29) is 4.90 Å². The van der Waals surface area contributed by atoms with Crippen LogP contribution in [0.1, 0.15) is 0 Å². The van der Waals surface area contributed by atoms with E-state index >= 15 is 0 Å². The van der Waals surface area contributed by atoms with E-state index in [1.165, 1.54) is 6.07 Å². The highest BCUT2D eigenvalue weighted by molar-refractivity contribution is 7.80. The van der Waals surface area contributed by atoms with Crippen molar-refractivity contribution >= 4 is 12.6 Å². The van der Waals surface area contributed by atoms with Crippen molar-refractivity contribution in [3.05, 3.63) is 54.1 Å². The highest BCUT2D eigenvalue weighted by Gasteiger charge is 2.09. The predicted molar refractivity (Wildman–Crippen MR) is 59.0 cm³/mol. The third-order valence-corrected chi connectivity index (χ3v) is 2.57. The molecule has 0 heterocycles. The molecule has 2 rings (SSSR count). The van der Waals surface area contributed by atoms with Gasteiger partial charge in [0.15, 0.2) is 0 Å². The van der Waals surface area contributed by atoms with E-state index < -0.39 is 11.6 Å². The smallest absolute Gasteiger partial charge is 0.140 e. The molecule has 0 N–H and O–H groups in total. The van der Waals surface area contributed by atoms with Crippen LogP contribution in [0, 0.1) is 11.6 Å². The molecule has 0 atom stereocenters. The minimum atomic E-state index is -0.641. The molecule has 0 nitrogen and oxygen atoms in total. The second-order valence-electron chi connectivity index (χ2n) is 3.15. The molecule has 15 heavy (non-hydrogen) atoms. The Kier molecular flexibility index (Phi) is 2.73. The Labute approximate surface area is 92.0 Å². The van der Waals surface area contributed by atoms with Crippen LogP contribution in [0.25, 0.3) is 11.1 Å². The maximum absolute atomic E-state index is 13.2. The van der Waals surface area contributed by atoms with Gasteiger partial charge in [-0.15, -0.1) is 12.6 Å². The first-order chi connectivity index (χ1) is 7.18. The summed E-state index contributed by atoms with van der Waals surface area (Å²) in [6.45, 7) is 0. The molecule has 0 saturated heterocycles. The second-order valence-corrected chi connectivity index (χ2v) is 3.60. The summed E-state index contributed by atoms with van der Waals surface area (Å²) in [7, 11) is 0. The maximum atomic E-state index is 13.2. The third kappa shape index (κ3) is 2.02. The monoisotopic (exact) mass is 222 g/mol. The molecule has 0 fully saturated rings. The lowest BCUT2D eigenvalue weighted by molar-refractivity contribution is 0.567. The van der Waals surface area contributed by atoms with Crippen LogP contribution in [0.4, 0.5) is 8.78 Å². The normalized spacial score (nSPS) is 10.3. The van der Waals surface area contributed by atoms with Crippen molar-refractivity contribution in [2.45, 2.75) is 4.90 Å². The highest BCUT2D eigenvalue weighted by atomic mass is 32.1. The number of benzene rings is 2. The molecule has 2 aromatic carbocycles. The van der Waals surface area contributed by atoms with Crippen LogP contribution >= 0.6 is 12.6 Å². The van der Waals surface area contributed by atoms with E-state index in [0.29, 0.717) is 5.56 Å². The molecule has 0 aliphatic carbocycles. The molecule has 0 saturated carbocycles. The first-order valence-corrected chi connectivity index (χ1v) is 4.86. The van der Waals surface area contributed by atoms with Crippen molar-refractivity contribution in [3.8, 4) is 11.1 Å². The summed E-state index contributed by atoms with van der Waals surface area (Å²) in [5, 5.41) is 0. The van der Waals surface area contributed by atoms with Crippen LogP contribution in [0.15, 0.2) is 47.4 Å². The summed E-state index contributed by atoms with van der Waals surface area (Å²) in [6, 6.07) is 11.1. The van der Waals surface area contributed by atoms with Crippen LogP contribution in [-0.4, -0.2) is 0 Å². The molecule has 0 radical (unpaired) electrons. The van der Waals surface area contributed by atoms with E-state index in [2.05, 4.69) is 12.6 Å². The van der Waals surface area contributed by atoms with E-state index in [0.717, 1.165) is 11.6 Å². The second kappa shape index (κ2) is 4.03. The Morgan fingerprint density at radius 3 is 2.27 bits per heavy atom. The largest absolute Gasteiger partial charge is 0.207 e. The first-order valence-electron chi connectivity index (χ1n) is 4.42. The van der Waals surface area contributed by atoms with Gasteiger partial charge in [0, 0.05) is 16.5 Å². The topological polar surface area (TPSA) is 0 Å². The molecule has 0 aliphatic rings. The van der Waals surface area contributed by atoms with Crippen molar-refractivity contribution in [2.24, 2.45) is 0 Å². The van der Waals surface area contributed by atoms with Gasteiger partial charge in [0.1, 0.15) is 11.6 Å². The molecular weight excluding hydrogens is 214 g/mol. The molecule has 0 spiro atoms. The van der Waals surface area contributed by atoms with E-state index in [1.54, 1.807) is 12.1 Å². The van der Waals surface area contributed by atoms with Gasteiger partial charge in [-0.2, -0.15) is 0 Å². The van der Waals surface area contributed by atoms with Gasteiger partial charge >= 0.3 is 0 Å². The van der Waals surface area contributed by atoms with E-state index in [1.807, 2.05) is 18.2 Å². The van der Waals surface area contributed by atoms with Gasteiger partial charge in [0.25, 0.3) is 0 Å². The van der Waals surface area contributed by atoms with E-state index in [4.69, 9.17) is 0 Å². The predicted octanol–water partition coefficient (Wildman–Crippen LogP) is 3.92. The zero-order valence-electron chi connectivity index (χ0n) is 7.74. The van der Waals surface area contributed by atoms with Gasteiger partial charge in [-0.25, -0.2) is 8.78 Å². The van der Waals surface area contributed by atoms with Crippen molar-refractivity contribution in [2.75, 3.05) is 0 Å². The maximum Gasteiger partial charge on any atom is 0.140 e. The van der Waals surface area contributed by atoms with Crippen molar-refractivity contribution in [3.63, 3.8) is 0 Å². The van der Waals surface area contributed by atoms with Gasteiger partial charge in [0.2, 0.25) is 0 Å². The molecule has 2 aromatic rings. The fourth-order valence-corrected chi connectivity index (χ4v) is 1.66. The Hall–Kier alpha value is -1.35. The minimum Gasteiger partial charge on any atom is -0.207 e. The number of hydrogen-bond acceptors (Lipinski definition) is 1. The lowest BCUT2D eigenvalue weighted by Crippen LogP contribution is -1.87. The van der Waals surface area contributed by atoms with Gasteiger partial charge in [0.05, 0.1) is 0 Å². The fourth-order valence-electron chi connectivity index (χ4n) is 1.40. The van der Waals surface area contributed by atoms with Crippen LogP contribution in [0.2, 0.25) is 0 Å². The lowest BCUT2D eigenvalue weighted by Gasteiger charge is -2.06. The molecule has 0 bridgehead atoms. The van der Waals surface area contributed by atoms with E-state index in [9.17, 15) is 8.78 Å². The molecule has 0 aliphatic heterocycles. The Morgan fingerprint density at radius 1 is 0.933 bits per heavy atom. The third-order valence-electron chi connectivity index (χ3n) is 2.11. The van der Waals surface area contributed by atoms with Crippen LogP contribution < -0.4 is 0 Å². The number of hydrogen-bond donors (Lipinski definition) is 1. The zero-order chi connectivity index (χ0) is 10.8. The summed E-state index contributed by atoms with van der Waals surface area (Å²) in [4.78, 5) is 0.169.